The highest BCUT2D eigenvalue weighted by Gasteiger charge is 2.48. The third-order valence-corrected chi connectivity index (χ3v) is 13.6. The van der Waals surface area contributed by atoms with Gasteiger partial charge in [0.15, 0.2) is 6.10 Å². The van der Waals surface area contributed by atoms with Crippen molar-refractivity contribution < 1.29 is 159 Å². The van der Waals surface area contributed by atoms with Gasteiger partial charge in [0.05, 0.1) is 183 Å². The van der Waals surface area contributed by atoms with E-state index in [4.69, 9.17) is 101 Å². The molecule has 2 saturated heterocycles. The number of amides is 2. The van der Waals surface area contributed by atoms with Crippen LogP contribution in [0.3, 0.4) is 0 Å². The van der Waals surface area contributed by atoms with Crippen LogP contribution in [0.1, 0.15) is 53.1 Å². The molecule has 37 heteroatoms. The molecule has 0 bridgehead atoms. The lowest BCUT2D eigenvalue weighted by atomic mass is 9.99. The van der Waals surface area contributed by atoms with Crippen molar-refractivity contribution in [2.24, 2.45) is 5.90 Å². The van der Waals surface area contributed by atoms with E-state index in [2.05, 4.69) is 20.4 Å². The van der Waals surface area contributed by atoms with Crippen molar-refractivity contribution in [2.45, 2.75) is 89.8 Å². The van der Waals surface area contributed by atoms with Crippen molar-refractivity contribution in [3.05, 3.63) is 58.7 Å². The number of esters is 2. The Morgan fingerprint density at radius 3 is 1.16 bits per heavy atom. The quantitative estimate of drug-likeness (QED) is 0.0175. The molecule has 2 aliphatic heterocycles. The molecule has 9 atom stereocenters. The largest absolute Gasteiger partial charge is 0.479 e. The minimum Gasteiger partial charge on any atom is -0.479 e. The predicted octanol–water partition coefficient (Wildman–Crippen LogP) is -3.49. The van der Waals surface area contributed by atoms with Crippen LogP contribution in [0.25, 0.3) is 0 Å². The van der Waals surface area contributed by atoms with Gasteiger partial charge in [0.25, 0.3) is 11.8 Å². The first-order valence-corrected chi connectivity index (χ1v) is 31.9. The number of nitrogens with zero attached hydrogens (tertiary/aromatic N) is 1. The maximum Gasteiger partial charge on any atom is 0.373 e. The molecule has 2 heterocycles. The van der Waals surface area contributed by atoms with Crippen LogP contribution in [0.4, 0.5) is 0 Å². The van der Waals surface area contributed by atoms with Crippen LogP contribution >= 0.6 is 0 Å². The molecule has 2 aromatic rings. The van der Waals surface area contributed by atoms with E-state index < -0.39 is 85.0 Å². The second kappa shape index (κ2) is 56.4. The Morgan fingerprint density at radius 2 is 0.810 bits per heavy atom. The Balaban J connectivity index is 0.00000834. The van der Waals surface area contributed by atoms with Gasteiger partial charge in [-0.05, 0) is 35.4 Å². The minimum absolute atomic E-state index is 0. The number of aliphatic hydroxyl groups is 6. The molecule has 0 aliphatic carbocycles. The Bertz CT molecular complexity index is 2560. The fourth-order valence-corrected chi connectivity index (χ4v) is 8.52. The normalized spacial score (nSPS) is 19.5. The van der Waals surface area contributed by atoms with Crippen molar-refractivity contribution >= 4 is 35.9 Å². The summed E-state index contributed by atoms with van der Waals surface area (Å²) in [5.74, 6) is 1.04. The highest BCUT2D eigenvalue weighted by atomic mass is 16.7. The van der Waals surface area contributed by atoms with Gasteiger partial charge in [-0.3, -0.25) is 24.1 Å². The summed E-state index contributed by atoms with van der Waals surface area (Å²) in [6.07, 6.45) is -14.9. The fraction of sp³-hybridized carbons (Fsp3) is 0.714. The maximum absolute atomic E-state index is 13.3. The molecule has 2 fully saturated rings. The van der Waals surface area contributed by atoms with Gasteiger partial charge in [0, 0.05) is 46.6 Å². The molecule has 0 saturated carbocycles. The number of hydrogen-bond acceptors (Lipinski definition) is 34. The zero-order chi connectivity index (χ0) is 72.3. The highest BCUT2D eigenvalue weighted by molar-refractivity contribution is 5.97. The van der Waals surface area contributed by atoms with E-state index in [-0.39, 0.29) is 102 Å². The van der Waals surface area contributed by atoms with E-state index in [1.165, 1.54) is 44.2 Å². The van der Waals surface area contributed by atoms with E-state index in [0.29, 0.717) is 163 Å². The molecular formula is C63H102N4O33. The monoisotopic (exact) mass is 1440 g/mol. The number of carboxylic acids is 1. The highest BCUT2D eigenvalue weighted by Crippen LogP contribution is 2.29. The molecule has 37 nitrogen and oxygen atoms in total. The lowest BCUT2D eigenvalue weighted by molar-refractivity contribution is -0.271. The molecule has 4 rings (SSSR count). The van der Waals surface area contributed by atoms with Gasteiger partial charge in [-0.25, -0.2) is 10.7 Å². The lowest BCUT2D eigenvalue weighted by Gasteiger charge is -2.38. The average Bonchev–Trinajstić information content (AvgIpc) is 0.806. The molecule has 2 aliphatic rings. The number of carbonyl (C=O) groups excluding carboxylic acids is 6. The topological polar surface area (TPSA) is 490 Å². The summed E-state index contributed by atoms with van der Waals surface area (Å²) >= 11 is 0. The summed E-state index contributed by atoms with van der Waals surface area (Å²) in [4.78, 5) is 83.7. The third kappa shape index (κ3) is 39.3. The van der Waals surface area contributed by atoms with E-state index in [1.54, 1.807) is 6.07 Å². The van der Waals surface area contributed by atoms with Gasteiger partial charge in [-0.15, -0.1) is 0 Å². The van der Waals surface area contributed by atoms with Gasteiger partial charge in [0.1, 0.15) is 61.3 Å². The third-order valence-electron chi connectivity index (χ3n) is 13.6. The van der Waals surface area contributed by atoms with Crippen LogP contribution in [0.15, 0.2) is 36.4 Å². The number of aliphatic hydroxyl groups excluding tert-OH is 6. The molecule has 0 radical (unpaired) electrons. The van der Waals surface area contributed by atoms with Crippen molar-refractivity contribution in [2.75, 3.05) is 205 Å². The number of carbonyl (C=O) groups is 5. The van der Waals surface area contributed by atoms with Crippen LogP contribution in [0.2, 0.25) is 0 Å². The minimum atomic E-state index is -1.94. The first kappa shape index (κ1) is 89.9. The predicted molar refractivity (Wildman–Crippen MR) is 340 cm³/mol. The smallest absolute Gasteiger partial charge is 0.373 e. The lowest BCUT2D eigenvalue weighted by Crippen LogP contribution is -2.61. The van der Waals surface area contributed by atoms with E-state index in [9.17, 15) is 59.7 Å². The van der Waals surface area contributed by atoms with Crippen molar-refractivity contribution in [3.63, 3.8) is 0 Å². The SMILES string of the molecule is C.CC(=O)OCc1ccc(O[C@@H]2O[C@H](C(=O)O)[C@@H](O)[C@H](O)[C@H]2O)c(C(=O)NCCOCCOCCOCCOCCOCCN(CCOCCOCCON)CCOCCOCCOCCOCCOCCNC(=O)c2cc(COC(C)=O)ccc2O[C@@H]2OC[C@@H](O)[C@H](O)[C@H]2O)c1.O=C=O. The molecule has 100 heavy (non-hydrogen) atoms. The van der Waals surface area contributed by atoms with E-state index in [0.717, 1.165) is 0 Å². The Morgan fingerprint density at radius 1 is 0.480 bits per heavy atom. The number of nitrogens with one attached hydrogen (secondary N) is 2. The molecule has 11 N–H and O–H groups in total. The summed E-state index contributed by atoms with van der Waals surface area (Å²) in [6, 6.07) is 8.65. The van der Waals surface area contributed by atoms with Crippen molar-refractivity contribution in [3.8, 4) is 11.5 Å². The summed E-state index contributed by atoms with van der Waals surface area (Å²) < 4.78 is 99.4. The summed E-state index contributed by atoms with van der Waals surface area (Å²) in [5, 5.41) is 75.6. The first-order chi connectivity index (χ1) is 47.9. The van der Waals surface area contributed by atoms with Gasteiger partial charge < -0.3 is 136 Å². The van der Waals surface area contributed by atoms with E-state index >= 15 is 0 Å². The zero-order valence-electron chi connectivity index (χ0n) is 55.8. The first-order valence-electron chi connectivity index (χ1n) is 31.9. The van der Waals surface area contributed by atoms with Crippen LogP contribution in [-0.4, -0.2) is 336 Å². The number of ether oxygens (including phenoxy) is 18. The average molecular weight is 1440 g/mol. The molecule has 2 aromatic carbocycles. The van der Waals surface area contributed by atoms with Crippen LogP contribution in [-0.2, 0) is 118 Å². The zero-order valence-corrected chi connectivity index (χ0v) is 55.8. The Hall–Kier alpha value is -6.15. The molecule has 2 amide bonds. The summed E-state index contributed by atoms with van der Waals surface area (Å²) in [6.45, 7) is 12.5. The number of aliphatic carboxylic acids is 1. The van der Waals surface area contributed by atoms with Crippen LogP contribution in [0, 0.1) is 0 Å². The van der Waals surface area contributed by atoms with Crippen LogP contribution < -0.4 is 26.0 Å². The van der Waals surface area contributed by atoms with Crippen LogP contribution in [0.5, 0.6) is 11.5 Å². The van der Waals surface area contributed by atoms with Gasteiger partial charge in [-0.2, -0.15) is 9.59 Å². The van der Waals surface area contributed by atoms with Gasteiger partial charge in [0.2, 0.25) is 12.6 Å². The number of rotatable bonds is 56. The molecule has 0 unspecified atom stereocenters. The number of hydrogen-bond donors (Lipinski definition) is 10. The number of benzene rings is 2. The second-order valence-electron chi connectivity index (χ2n) is 21.1. The maximum atomic E-state index is 13.3. The second-order valence-corrected chi connectivity index (χ2v) is 21.1. The summed E-state index contributed by atoms with van der Waals surface area (Å²) in [7, 11) is 0. The number of carboxylic acid groups (broad SMARTS) is 1. The van der Waals surface area contributed by atoms with Crippen molar-refractivity contribution in [1.29, 1.82) is 0 Å². The van der Waals surface area contributed by atoms with Gasteiger partial charge >= 0.3 is 24.1 Å². The molecule has 0 aromatic heterocycles. The van der Waals surface area contributed by atoms with E-state index in [1.807, 2.05) is 0 Å². The Kier molecular flexibility index (Phi) is 50.7. The fourth-order valence-electron chi connectivity index (χ4n) is 8.52. The standard InChI is InChI=1S/C61H98N4O31.CO2.CH4/c1-42(66)90-39-44-3-5-49(94-60-54(72)51(69)48(68)41-92-60)46(37-44)57(74)63-7-12-78-17-22-83-27-31-87-33-29-85-24-19-80-14-9-65(11-16-82-21-26-89-35-36-93-62)10-15-81-20-25-86-30-34-88-32-28-84-23-18-79-13-8-64-58(75)47-38-45(40-91-43(2)67)4-6-50(47)95-61-55(73)52(70)53(71)56(96-61)59(76)77;2-1-3;/h3-6,37-38,48,51-56,60-61,68-73H,7-36,39-41,62H2,1-2H3,(H,63,74)(H,64,75)(H,76,77);;1H4/t48-,51+,52+,53+,54-,55-,56+,60+,61-;;/m1../s1. The molecular weight excluding hydrogens is 1340 g/mol. The summed E-state index contributed by atoms with van der Waals surface area (Å²) in [5.41, 5.74) is 0.881. The number of nitrogens with two attached hydrogens (primary N) is 1. The Labute approximate surface area is 579 Å². The van der Waals surface area contributed by atoms with Gasteiger partial charge in [-0.1, -0.05) is 19.6 Å². The molecule has 572 valence electrons. The van der Waals surface area contributed by atoms with Crippen molar-refractivity contribution in [1.82, 2.24) is 15.5 Å². The molecule has 0 spiro atoms.